The van der Waals surface area contributed by atoms with E-state index in [-0.39, 0.29) is 11.8 Å². The fourth-order valence-corrected chi connectivity index (χ4v) is 4.80. The molecular weight excluding hydrogens is 204 g/mol. The Labute approximate surface area is 83.2 Å². The summed E-state index contributed by atoms with van der Waals surface area (Å²) in [6.45, 7) is 0. The zero-order chi connectivity index (χ0) is 10.4. The maximum Gasteiger partial charge on any atom is 0.303 e. The summed E-state index contributed by atoms with van der Waals surface area (Å²) in [5.74, 6) is 0.157. The summed E-state index contributed by atoms with van der Waals surface area (Å²) < 4.78 is 22.5. The van der Waals surface area contributed by atoms with Gasteiger partial charge in [0.1, 0.15) is 0 Å². The molecule has 0 bridgehead atoms. The summed E-state index contributed by atoms with van der Waals surface area (Å²) >= 11 is 0. The Hall–Kier alpha value is -0.580. The van der Waals surface area contributed by atoms with Gasteiger partial charge in [-0.25, -0.2) is 8.42 Å². The molecule has 2 atom stereocenters. The number of sulfone groups is 1. The second kappa shape index (κ2) is 2.95. The molecule has 0 aromatic carbocycles. The van der Waals surface area contributed by atoms with Crippen molar-refractivity contribution in [3.63, 3.8) is 0 Å². The van der Waals surface area contributed by atoms with Gasteiger partial charge in [0.15, 0.2) is 9.84 Å². The van der Waals surface area contributed by atoms with Crippen molar-refractivity contribution in [2.75, 3.05) is 11.5 Å². The van der Waals surface area contributed by atoms with Crippen LogP contribution in [0.25, 0.3) is 0 Å². The highest BCUT2D eigenvalue weighted by Gasteiger charge is 2.58. The van der Waals surface area contributed by atoms with Crippen LogP contribution in [-0.2, 0) is 14.6 Å². The number of rotatable bonds is 3. The lowest BCUT2D eigenvalue weighted by molar-refractivity contribution is -0.137. The largest absolute Gasteiger partial charge is 0.481 e. The lowest BCUT2D eigenvalue weighted by Gasteiger charge is -2.04. The molecule has 2 rings (SSSR count). The fourth-order valence-electron chi connectivity index (χ4n) is 2.56. The van der Waals surface area contributed by atoms with Gasteiger partial charge < -0.3 is 5.11 Å². The fraction of sp³-hybridized carbons (Fsp3) is 0.889. The van der Waals surface area contributed by atoms with E-state index in [4.69, 9.17) is 5.11 Å². The molecule has 0 radical (unpaired) electrons. The Morgan fingerprint density at radius 1 is 1.50 bits per heavy atom. The Morgan fingerprint density at radius 2 is 2.21 bits per heavy atom. The molecule has 1 spiro atoms. The third kappa shape index (κ3) is 1.78. The molecule has 1 saturated heterocycles. The van der Waals surface area contributed by atoms with Crippen LogP contribution in [-0.4, -0.2) is 31.0 Å². The van der Waals surface area contributed by atoms with Gasteiger partial charge in [0, 0.05) is 6.42 Å². The maximum absolute atomic E-state index is 11.3. The van der Waals surface area contributed by atoms with Crippen LogP contribution in [0.3, 0.4) is 0 Å². The van der Waals surface area contributed by atoms with Gasteiger partial charge >= 0.3 is 5.97 Å². The first-order valence-electron chi connectivity index (χ1n) is 4.86. The van der Waals surface area contributed by atoms with Crippen molar-refractivity contribution in [1.29, 1.82) is 0 Å². The number of carboxylic acid groups (broad SMARTS) is 1. The van der Waals surface area contributed by atoms with Crippen LogP contribution in [0.1, 0.15) is 25.7 Å². The van der Waals surface area contributed by atoms with Gasteiger partial charge in [-0.15, -0.1) is 0 Å². The van der Waals surface area contributed by atoms with E-state index in [9.17, 15) is 13.2 Å². The average molecular weight is 218 g/mol. The maximum atomic E-state index is 11.3. The van der Waals surface area contributed by atoms with E-state index in [1.165, 1.54) is 0 Å². The van der Waals surface area contributed by atoms with Gasteiger partial charge in [-0.2, -0.15) is 0 Å². The van der Waals surface area contributed by atoms with Crippen LogP contribution in [0.5, 0.6) is 0 Å². The molecule has 0 amide bonds. The minimum Gasteiger partial charge on any atom is -0.481 e. The second-order valence-electron chi connectivity index (χ2n) is 4.54. The lowest BCUT2D eigenvalue weighted by Crippen LogP contribution is -2.08. The molecule has 5 heteroatoms. The Bertz CT molecular complexity index is 359. The molecule has 14 heavy (non-hydrogen) atoms. The SMILES string of the molecule is O=C(O)CCC1CC12CCS(=O)(=O)C2. The van der Waals surface area contributed by atoms with Crippen LogP contribution < -0.4 is 0 Å². The topological polar surface area (TPSA) is 71.4 Å². The third-order valence-electron chi connectivity index (χ3n) is 3.48. The summed E-state index contributed by atoms with van der Waals surface area (Å²) in [5.41, 5.74) is -0.0196. The summed E-state index contributed by atoms with van der Waals surface area (Å²) in [6.07, 6.45) is 2.48. The highest BCUT2D eigenvalue weighted by atomic mass is 32.2. The molecule has 1 N–H and O–H groups in total. The van der Waals surface area contributed by atoms with E-state index in [2.05, 4.69) is 0 Å². The van der Waals surface area contributed by atoms with E-state index < -0.39 is 15.8 Å². The van der Waals surface area contributed by atoms with Gasteiger partial charge in [-0.05, 0) is 30.6 Å². The molecule has 2 unspecified atom stereocenters. The first-order valence-corrected chi connectivity index (χ1v) is 6.68. The Kier molecular flexibility index (Phi) is 2.10. The van der Waals surface area contributed by atoms with Crippen molar-refractivity contribution in [3.8, 4) is 0 Å². The molecule has 1 heterocycles. The molecule has 1 aliphatic heterocycles. The van der Waals surface area contributed by atoms with Crippen molar-refractivity contribution >= 4 is 15.8 Å². The van der Waals surface area contributed by atoms with Crippen molar-refractivity contribution in [2.24, 2.45) is 11.3 Å². The Balaban J connectivity index is 1.89. The minimum atomic E-state index is -2.81. The van der Waals surface area contributed by atoms with Crippen LogP contribution in [0.15, 0.2) is 0 Å². The van der Waals surface area contributed by atoms with Crippen molar-refractivity contribution in [1.82, 2.24) is 0 Å². The first-order chi connectivity index (χ1) is 6.44. The van der Waals surface area contributed by atoms with Gasteiger partial charge in [0.05, 0.1) is 11.5 Å². The predicted octanol–water partition coefficient (Wildman–Crippen LogP) is 0.676. The molecule has 0 aromatic heterocycles. The van der Waals surface area contributed by atoms with Gasteiger partial charge in [0.2, 0.25) is 0 Å². The number of aliphatic carboxylic acids is 1. The molecule has 1 aliphatic carbocycles. The lowest BCUT2D eigenvalue weighted by atomic mass is 10.0. The first kappa shape index (κ1) is 9.96. The van der Waals surface area contributed by atoms with Crippen molar-refractivity contribution in [2.45, 2.75) is 25.7 Å². The second-order valence-corrected chi connectivity index (χ2v) is 6.72. The molecule has 2 aliphatic rings. The van der Waals surface area contributed by atoms with Crippen molar-refractivity contribution in [3.05, 3.63) is 0 Å². The predicted molar refractivity (Wildman–Crippen MR) is 50.7 cm³/mol. The number of hydrogen-bond donors (Lipinski definition) is 1. The van der Waals surface area contributed by atoms with E-state index in [1.54, 1.807) is 0 Å². The normalized spacial score (nSPS) is 38.7. The molecular formula is C9H14O4S. The summed E-state index contributed by atoms with van der Waals surface area (Å²) in [4.78, 5) is 10.3. The Morgan fingerprint density at radius 3 is 2.71 bits per heavy atom. The third-order valence-corrected chi connectivity index (χ3v) is 5.32. The summed E-state index contributed by atoms with van der Waals surface area (Å²) in [6, 6.07) is 0. The summed E-state index contributed by atoms with van der Waals surface area (Å²) in [7, 11) is -2.81. The molecule has 80 valence electrons. The number of hydrogen-bond acceptors (Lipinski definition) is 3. The van der Waals surface area contributed by atoms with E-state index >= 15 is 0 Å². The van der Waals surface area contributed by atoms with Crippen LogP contribution in [0, 0.1) is 11.3 Å². The number of carbonyl (C=O) groups is 1. The smallest absolute Gasteiger partial charge is 0.303 e. The van der Waals surface area contributed by atoms with Crippen LogP contribution in [0.4, 0.5) is 0 Å². The van der Waals surface area contributed by atoms with Crippen LogP contribution in [0.2, 0.25) is 0 Å². The van der Waals surface area contributed by atoms with Gasteiger partial charge in [0.25, 0.3) is 0 Å². The standard InChI is InChI=1S/C9H14O4S/c10-8(11)2-1-7-5-9(7)3-4-14(12,13)6-9/h7H,1-6H2,(H,10,11). The monoisotopic (exact) mass is 218 g/mol. The van der Waals surface area contributed by atoms with Crippen LogP contribution >= 0.6 is 0 Å². The minimum absolute atomic E-state index is 0.0196. The zero-order valence-corrected chi connectivity index (χ0v) is 8.72. The summed E-state index contributed by atoms with van der Waals surface area (Å²) in [5, 5.41) is 8.51. The molecule has 4 nitrogen and oxygen atoms in total. The van der Waals surface area contributed by atoms with E-state index in [0.717, 1.165) is 12.8 Å². The number of carboxylic acids is 1. The average Bonchev–Trinajstić information content (AvgIpc) is 2.61. The molecule has 1 saturated carbocycles. The highest BCUT2D eigenvalue weighted by molar-refractivity contribution is 7.91. The zero-order valence-electron chi connectivity index (χ0n) is 7.90. The van der Waals surface area contributed by atoms with E-state index in [0.29, 0.717) is 23.8 Å². The van der Waals surface area contributed by atoms with Crippen molar-refractivity contribution < 1.29 is 18.3 Å². The van der Waals surface area contributed by atoms with Gasteiger partial charge in [-0.1, -0.05) is 0 Å². The molecule has 2 fully saturated rings. The van der Waals surface area contributed by atoms with Gasteiger partial charge in [-0.3, -0.25) is 4.79 Å². The highest BCUT2D eigenvalue weighted by Crippen LogP contribution is 2.61. The quantitative estimate of drug-likeness (QED) is 0.756. The van der Waals surface area contributed by atoms with E-state index in [1.807, 2.05) is 0 Å². The molecule has 0 aromatic rings.